The number of rotatable bonds is 3. The second-order valence-electron chi connectivity index (χ2n) is 5.63. The zero-order valence-electron chi connectivity index (χ0n) is 12.3. The highest BCUT2D eigenvalue weighted by Crippen LogP contribution is 2.10. The lowest BCUT2D eigenvalue weighted by Crippen LogP contribution is -2.46. The van der Waals surface area contributed by atoms with Gasteiger partial charge < -0.3 is 10.6 Å². The third-order valence-corrected chi connectivity index (χ3v) is 3.98. The SMILES string of the molecule is NC1CCCN(C(=O)CCn2nnc3ccccc3c2=O)C1. The van der Waals surface area contributed by atoms with Crippen molar-refractivity contribution in [1.29, 1.82) is 0 Å². The van der Waals surface area contributed by atoms with Crippen molar-refractivity contribution < 1.29 is 4.79 Å². The molecule has 1 saturated heterocycles. The number of carbonyl (C=O) groups is 1. The first-order valence-electron chi connectivity index (χ1n) is 7.51. The molecular formula is C15H19N5O2. The lowest BCUT2D eigenvalue weighted by molar-refractivity contribution is -0.132. The van der Waals surface area contributed by atoms with Crippen LogP contribution in [0.1, 0.15) is 19.3 Å². The predicted molar refractivity (Wildman–Crippen MR) is 82.2 cm³/mol. The standard InChI is InChI=1S/C15H19N5O2/c16-11-4-3-8-19(10-11)14(21)7-9-20-15(22)12-5-1-2-6-13(12)17-18-20/h1-2,5-6,11H,3-4,7-10,16H2. The zero-order valence-corrected chi connectivity index (χ0v) is 12.3. The summed E-state index contributed by atoms with van der Waals surface area (Å²) < 4.78 is 1.25. The van der Waals surface area contributed by atoms with Crippen LogP contribution in [0.4, 0.5) is 0 Å². The molecule has 3 rings (SSSR count). The van der Waals surface area contributed by atoms with Crippen LogP contribution < -0.4 is 11.3 Å². The zero-order chi connectivity index (χ0) is 15.5. The summed E-state index contributed by atoms with van der Waals surface area (Å²) in [5, 5.41) is 8.43. The number of likely N-dealkylation sites (tertiary alicyclic amines) is 1. The van der Waals surface area contributed by atoms with Gasteiger partial charge in [-0.05, 0) is 25.0 Å². The molecule has 7 heteroatoms. The normalized spacial score (nSPS) is 18.6. The van der Waals surface area contributed by atoms with E-state index in [1.165, 1.54) is 4.68 Å². The maximum atomic E-state index is 12.3. The van der Waals surface area contributed by atoms with E-state index in [0.29, 0.717) is 17.4 Å². The lowest BCUT2D eigenvalue weighted by atomic mass is 10.1. The minimum absolute atomic E-state index is 0.0111. The molecule has 0 aliphatic carbocycles. The molecule has 1 amide bonds. The van der Waals surface area contributed by atoms with Gasteiger partial charge in [-0.15, -0.1) is 5.10 Å². The van der Waals surface area contributed by atoms with Crippen LogP contribution in [0.25, 0.3) is 10.9 Å². The van der Waals surface area contributed by atoms with Crippen molar-refractivity contribution in [1.82, 2.24) is 19.9 Å². The van der Waals surface area contributed by atoms with Crippen molar-refractivity contribution in [2.45, 2.75) is 31.8 Å². The van der Waals surface area contributed by atoms with Crippen LogP contribution in [0.3, 0.4) is 0 Å². The Bertz CT molecular complexity index is 742. The second kappa shape index (κ2) is 6.23. The van der Waals surface area contributed by atoms with Gasteiger partial charge in [-0.25, -0.2) is 4.68 Å². The molecule has 0 spiro atoms. The third-order valence-electron chi connectivity index (χ3n) is 3.98. The number of amides is 1. The molecule has 0 bridgehead atoms. The molecule has 7 nitrogen and oxygen atoms in total. The van der Waals surface area contributed by atoms with E-state index in [4.69, 9.17) is 5.73 Å². The summed E-state index contributed by atoms with van der Waals surface area (Å²) in [6.07, 6.45) is 2.13. The monoisotopic (exact) mass is 301 g/mol. The van der Waals surface area contributed by atoms with Crippen molar-refractivity contribution in [2.75, 3.05) is 13.1 Å². The van der Waals surface area contributed by atoms with E-state index in [-0.39, 0.29) is 30.5 Å². The van der Waals surface area contributed by atoms with Gasteiger partial charge in [0, 0.05) is 25.6 Å². The van der Waals surface area contributed by atoms with Gasteiger partial charge in [0.05, 0.1) is 11.9 Å². The average molecular weight is 301 g/mol. The van der Waals surface area contributed by atoms with Crippen LogP contribution in [0.15, 0.2) is 29.1 Å². The second-order valence-corrected chi connectivity index (χ2v) is 5.63. The van der Waals surface area contributed by atoms with E-state index in [9.17, 15) is 9.59 Å². The molecule has 1 aromatic heterocycles. The summed E-state index contributed by atoms with van der Waals surface area (Å²) in [5.74, 6) is 0.0111. The van der Waals surface area contributed by atoms with Crippen LogP contribution in [0, 0.1) is 0 Å². The summed E-state index contributed by atoms with van der Waals surface area (Å²) in [6.45, 7) is 1.57. The molecule has 116 valence electrons. The lowest BCUT2D eigenvalue weighted by Gasteiger charge is -2.30. The summed E-state index contributed by atoms with van der Waals surface area (Å²) in [6, 6.07) is 7.11. The molecule has 0 saturated carbocycles. The minimum Gasteiger partial charge on any atom is -0.341 e. The molecule has 2 aromatic rings. The average Bonchev–Trinajstić information content (AvgIpc) is 2.54. The summed E-state index contributed by atoms with van der Waals surface area (Å²) in [4.78, 5) is 26.3. The summed E-state index contributed by atoms with van der Waals surface area (Å²) in [7, 11) is 0. The van der Waals surface area contributed by atoms with Gasteiger partial charge in [-0.1, -0.05) is 17.3 Å². The van der Waals surface area contributed by atoms with E-state index < -0.39 is 0 Å². The Morgan fingerprint density at radius 2 is 2.18 bits per heavy atom. The quantitative estimate of drug-likeness (QED) is 0.869. The molecule has 1 aliphatic heterocycles. The largest absolute Gasteiger partial charge is 0.341 e. The Labute approximate surface area is 127 Å². The molecule has 1 aliphatic rings. The number of hydrogen-bond acceptors (Lipinski definition) is 5. The Morgan fingerprint density at radius 1 is 1.36 bits per heavy atom. The Hall–Kier alpha value is -2.28. The van der Waals surface area contributed by atoms with E-state index in [0.717, 1.165) is 19.4 Å². The molecule has 2 heterocycles. The highest BCUT2D eigenvalue weighted by atomic mass is 16.2. The smallest absolute Gasteiger partial charge is 0.277 e. The molecule has 22 heavy (non-hydrogen) atoms. The summed E-state index contributed by atoms with van der Waals surface area (Å²) in [5.41, 5.74) is 6.24. The predicted octanol–water partition coefficient (Wildman–Crippen LogP) is 0.131. The maximum absolute atomic E-state index is 12.3. The fourth-order valence-corrected chi connectivity index (χ4v) is 2.77. The number of nitrogens with zero attached hydrogens (tertiary/aromatic N) is 4. The highest BCUT2D eigenvalue weighted by Gasteiger charge is 2.21. The van der Waals surface area contributed by atoms with Gasteiger partial charge in [0.2, 0.25) is 5.91 Å². The van der Waals surface area contributed by atoms with E-state index >= 15 is 0 Å². The molecule has 1 atom stereocenters. The van der Waals surface area contributed by atoms with Crippen LogP contribution in [0.5, 0.6) is 0 Å². The van der Waals surface area contributed by atoms with Gasteiger partial charge in [-0.2, -0.15) is 0 Å². The topological polar surface area (TPSA) is 94.1 Å². The molecule has 1 aromatic carbocycles. The first-order chi connectivity index (χ1) is 10.6. The number of aryl methyl sites for hydroxylation is 1. The molecule has 0 radical (unpaired) electrons. The van der Waals surface area contributed by atoms with Gasteiger partial charge in [0.25, 0.3) is 5.56 Å². The van der Waals surface area contributed by atoms with Crippen molar-refractivity contribution in [3.63, 3.8) is 0 Å². The Balaban J connectivity index is 1.70. The maximum Gasteiger partial charge on any atom is 0.277 e. The van der Waals surface area contributed by atoms with Gasteiger partial charge >= 0.3 is 0 Å². The highest BCUT2D eigenvalue weighted by molar-refractivity contribution is 5.77. The number of carbonyl (C=O) groups excluding carboxylic acids is 1. The third kappa shape index (κ3) is 2.99. The number of fused-ring (bicyclic) bond motifs is 1. The first-order valence-corrected chi connectivity index (χ1v) is 7.51. The Kier molecular flexibility index (Phi) is 4.15. The first kappa shape index (κ1) is 14.6. The molecule has 1 fully saturated rings. The number of benzene rings is 1. The van der Waals surface area contributed by atoms with Gasteiger partial charge in [0.1, 0.15) is 5.52 Å². The van der Waals surface area contributed by atoms with Crippen molar-refractivity contribution in [2.24, 2.45) is 5.73 Å². The molecule has 1 unspecified atom stereocenters. The van der Waals surface area contributed by atoms with Crippen molar-refractivity contribution in [3.8, 4) is 0 Å². The Morgan fingerprint density at radius 3 is 3.00 bits per heavy atom. The fraction of sp³-hybridized carbons (Fsp3) is 0.467. The molecular weight excluding hydrogens is 282 g/mol. The van der Waals surface area contributed by atoms with Crippen LogP contribution in [0.2, 0.25) is 0 Å². The van der Waals surface area contributed by atoms with Crippen molar-refractivity contribution >= 4 is 16.8 Å². The number of aromatic nitrogens is 3. The molecule has 2 N–H and O–H groups in total. The van der Waals surface area contributed by atoms with Gasteiger partial charge in [-0.3, -0.25) is 9.59 Å². The van der Waals surface area contributed by atoms with Gasteiger partial charge in [0.15, 0.2) is 0 Å². The van der Waals surface area contributed by atoms with E-state index in [1.807, 2.05) is 6.07 Å². The van der Waals surface area contributed by atoms with Crippen LogP contribution in [-0.2, 0) is 11.3 Å². The van der Waals surface area contributed by atoms with E-state index in [2.05, 4.69) is 10.3 Å². The number of hydrogen-bond donors (Lipinski definition) is 1. The van der Waals surface area contributed by atoms with Crippen LogP contribution in [-0.4, -0.2) is 44.9 Å². The number of nitrogens with two attached hydrogens (primary N) is 1. The van der Waals surface area contributed by atoms with Crippen molar-refractivity contribution in [3.05, 3.63) is 34.6 Å². The number of piperidine rings is 1. The van der Waals surface area contributed by atoms with E-state index in [1.54, 1.807) is 23.1 Å². The minimum atomic E-state index is -0.214. The summed E-state index contributed by atoms with van der Waals surface area (Å²) >= 11 is 0. The fourth-order valence-electron chi connectivity index (χ4n) is 2.77. The van der Waals surface area contributed by atoms with Crippen LogP contribution >= 0.6 is 0 Å².